The largest absolute Gasteiger partial charge is 0.495 e. The lowest BCUT2D eigenvalue weighted by Crippen LogP contribution is -2.41. The molecule has 0 radical (unpaired) electrons. The van der Waals surface area contributed by atoms with Crippen molar-refractivity contribution >= 4 is 23.5 Å². The number of rotatable bonds is 3. The molecule has 1 aliphatic heterocycles. The van der Waals surface area contributed by atoms with Crippen LogP contribution in [0.5, 0.6) is 0 Å². The monoisotopic (exact) mass is 425 g/mol. The summed E-state index contributed by atoms with van der Waals surface area (Å²) in [7, 11) is -0.628. The number of nitrogens with zero attached hydrogens (tertiary/aromatic N) is 1. The van der Waals surface area contributed by atoms with E-state index in [0.29, 0.717) is 5.56 Å². The standard InChI is InChI=1S/C27H25BFNO2/c1-26(2)27(3,4)32-28(31-26)23-16-21(18-10-6-5-7-11-18)24(29)17-22(23)20-14-8-12-19-13-9-15-30-25(19)20/h5-17H,1-4H3. The molecule has 0 spiro atoms. The Hall–Kier alpha value is -3.02. The number of aromatic nitrogens is 1. The fraction of sp³-hybridized carbons (Fsp3) is 0.222. The number of hydrogen-bond donors (Lipinski definition) is 0. The van der Waals surface area contributed by atoms with Gasteiger partial charge in [-0.15, -0.1) is 0 Å². The summed E-state index contributed by atoms with van der Waals surface area (Å²) in [6.07, 6.45) is 1.76. The van der Waals surface area contributed by atoms with Crippen molar-refractivity contribution in [3.05, 3.63) is 84.8 Å². The van der Waals surface area contributed by atoms with Crippen LogP contribution in [0.25, 0.3) is 33.2 Å². The molecule has 0 N–H and O–H groups in total. The second kappa shape index (κ2) is 7.54. The lowest BCUT2D eigenvalue weighted by Gasteiger charge is -2.32. The summed E-state index contributed by atoms with van der Waals surface area (Å²) in [6.45, 7) is 8.09. The van der Waals surface area contributed by atoms with E-state index in [2.05, 4.69) is 4.98 Å². The van der Waals surface area contributed by atoms with E-state index in [1.165, 1.54) is 0 Å². The Morgan fingerprint density at radius 1 is 0.750 bits per heavy atom. The predicted octanol–water partition coefficient (Wildman–Crippen LogP) is 6.01. The Bertz CT molecular complexity index is 1280. The molecule has 1 aliphatic rings. The number of pyridine rings is 1. The minimum atomic E-state index is -0.628. The highest BCUT2D eigenvalue weighted by Crippen LogP contribution is 2.39. The third-order valence-corrected chi connectivity index (χ3v) is 6.65. The van der Waals surface area contributed by atoms with Gasteiger partial charge in [-0.05, 0) is 56.4 Å². The molecule has 1 fully saturated rings. The molecule has 0 saturated carbocycles. The summed E-state index contributed by atoms with van der Waals surface area (Å²) >= 11 is 0. The number of benzene rings is 3. The highest BCUT2D eigenvalue weighted by Gasteiger charge is 2.52. The van der Waals surface area contributed by atoms with Gasteiger partial charge in [0, 0.05) is 22.7 Å². The second-order valence-corrected chi connectivity index (χ2v) is 9.25. The molecule has 5 heteroatoms. The van der Waals surface area contributed by atoms with Gasteiger partial charge in [0.1, 0.15) is 5.82 Å². The molecular weight excluding hydrogens is 400 g/mol. The topological polar surface area (TPSA) is 31.4 Å². The molecule has 0 bridgehead atoms. The third-order valence-electron chi connectivity index (χ3n) is 6.65. The van der Waals surface area contributed by atoms with Crippen LogP contribution in [0, 0.1) is 5.82 Å². The van der Waals surface area contributed by atoms with E-state index in [4.69, 9.17) is 9.31 Å². The van der Waals surface area contributed by atoms with Gasteiger partial charge in [-0.25, -0.2) is 4.39 Å². The normalized spacial score (nSPS) is 17.1. The van der Waals surface area contributed by atoms with E-state index >= 15 is 4.39 Å². The number of hydrogen-bond acceptors (Lipinski definition) is 3. The van der Waals surface area contributed by atoms with E-state index in [1.807, 2.05) is 94.4 Å². The zero-order chi connectivity index (χ0) is 22.5. The van der Waals surface area contributed by atoms with Crippen molar-refractivity contribution in [3.63, 3.8) is 0 Å². The zero-order valence-corrected chi connectivity index (χ0v) is 18.7. The summed E-state index contributed by atoms with van der Waals surface area (Å²) in [4.78, 5) is 4.59. The maximum Gasteiger partial charge on any atom is 0.495 e. The first-order chi connectivity index (χ1) is 15.3. The molecule has 4 aromatic rings. The Labute approximate surface area is 188 Å². The molecule has 0 atom stereocenters. The summed E-state index contributed by atoms with van der Waals surface area (Å²) < 4.78 is 28.3. The van der Waals surface area contributed by atoms with Crippen molar-refractivity contribution in [1.29, 1.82) is 0 Å². The van der Waals surface area contributed by atoms with Crippen LogP contribution >= 0.6 is 0 Å². The van der Waals surface area contributed by atoms with Crippen LogP contribution in [-0.4, -0.2) is 23.3 Å². The van der Waals surface area contributed by atoms with E-state index < -0.39 is 18.3 Å². The molecule has 0 amide bonds. The van der Waals surface area contributed by atoms with Crippen molar-refractivity contribution in [2.45, 2.75) is 38.9 Å². The van der Waals surface area contributed by atoms with Crippen LogP contribution in [0.1, 0.15) is 27.7 Å². The van der Waals surface area contributed by atoms with E-state index in [-0.39, 0.29) is 5.82 Å². The molecular formula is C27H25BFNO2. The van der Waals surface area contributed by atoms with Crippen LogP contribution in [-0.2, 0) is 9.31 Å². The third kappa shape index (κ3) is 3.42. The van der Waals surface area contributed by atoms with Crippen molar-refractivity contribution in [1.82, 2.24) is 4.98 Å². The van der Waals surface area contributed by atoms with Crippen LogP contribution in [0.4, 0.5) is 4.39 Å². The van der Waals surface area contributed by atoms with E-state index in [1.54, 1.807) is 12.3 Å². The fourth-order valence-electron chi connectivity index (χ4n) is 4.15. The Morgan fingerprint density at radius 2 is 1.44 bits per heavy atom. The SMILES string of the molecule is CC1(C)OB(c2cc(-c3ccccc3)c(F)cc2-c2cccc3cccnc23)OC1(C)C. The molecule has 32 heavy (non-hydrogen) atoms. The van der Waals surface area contributed by atoms with Gasteiger partial charge in [-0.2, -0.15) is 0 Å². The molecule has 0 unspecified atom stereocenters. The van der Waals surface area contributed by atoms with Gasteiger partial charge < -0.3 is 9.31 Å². The molecule has 3 aromatic carbocycles. The van der Waals surface area contributed by atoms with Crippen molar-refractivity contribution in [3.8, 4) is 22.3 Å². The number of fused-ring (bicyclic) bond motifs is 1. The first-order valence-electron chi connectivity index (χ1n) is 10.9. The molecule has 1 saturated heterocycles. The molecule has 0 aliphatic carbocycles. The van der Waals surface area contributed by atoms with E-state index in [0.717, 1.165) is 33.1 Å². The lowest BCUT2D eigenvalue weighted by atomic mass is 9.73. The van der Waals surface area contributed by atoms with Crippen molar-refractivity contribution < 1.29 is 13.7 Å². The van der Waals surface area contributed by atoms with Gasteiger partial charge in [0.15, 0.2) is 0 Å². The second-order valence-electron chi connectivity index (χ2n) is 9.25. The van der Waals surface area contributed by atoms with Crippen molar-refractivity contribution in [2.24, 2.45) is 0 Å². The summed E-state index contributed by atoms with van der Waals surface area (Å²) in [5.74, 6) is -0.292. The summed E-state index contributed by atoms with van der Waals surface area (Å²) in [5.41, 5.74) is 3.51. The Morgan fingerprint density at radius 3 is 2.16 bits per heavy atom. The van der Waals surface area contributed by atoms with Crippen LogP contribution in [0.15, 0.2) is 79.0 Å². The highest BCUT2D eigenvalue weighted by molar-refractivity contribution is 6.64. The van der Waals surface area contributed by atoms with Gasteiger partial charge in [-0.1, -0.05) is 60.7 Å². The molecule has 3 nitrogen and oxygen atoms in total. The average Bonchev–Trinajstić information content (AvgIpc) is 3.00. The Balaban J connectivity index is 1.76. The molecule has 160 valence electrons. The molecule has 5 rings (SSSR count). The first-order valence-corrected chi connectivity index (χ1v) is 10.9. The maximum atomic E-state index is 15.5. The highest BCUT2D eigenvalue weighted by atomic mass is 19.1. The molecule has 1 aromatic heterocycles. The van der Waals surface area contributed by atoms with Gasteiger partial charge in [-0.3, -0.25) is 4.98 Å². The maximum absolute atomic E-state index is 15.5. The van der Waals surface area contributed by atoms with Crippen molar-refractivity contribution in [2.75, 3.05) is 0 Å². The lowest BCUT2D eigenvalue weighted by molar-refractivity contribution is 0.00578. The first kappa shape index (κ1) is 20.9. The van der Waals surface area contributed by atoms with E-state index in [9.17, 15) is 0 Å². The summed E-state index contributed by atoms with van der Waals surface area (Å²) in [6, 6.07) is 22.9. The summed E-state index contributed by atoms with van der Waals surface area (Å²) in [5, 5.41) is 0.998. The smallest absolute Gasteiger partial charge is 0.399 e. The zero-order valence-electron chi connectivity index (χ0n) is 18.7. The fourth-order valence-corrected chi connectivity index (χ4v) is 4.15. The number of para-hydroxylation sites is 1. The van der Waals surface area contributed by atoms with Crippen LogP contribution < -0.4 is 5.46 Å². The minimum absolute atomic E-state index is 0.292. The van der Waals surface area contributed by atoms with Crippen LogP contribution in [0.3, 0.4) is 0 Å². The van der Waals surface area contributed by atoms with Gasteiger partial charge >= 0.3 is 7.12 Å². The van der Waals surface area contributed by atoms with Gasteiger partial charge in [0.2, 0.25) is 0 Å². The quantitative estimate of drug-likeness (QED) is 0.377. The number of halogens is 1. The van der Waals surface area contributed by atoms with Crippen LogP contribution in [0.2, 0.25) is 0 Å². The Kier molecular flexibility index (Phi) is 4.92. The van der Waals surface area contributed by atoms with Gasteiger partial charge in [0.05, 0.1) is 16.7 Å². The molecule has 2 heterocycles. The average molecular weight is 425 g/mol. The minimum Gasteiger partial charge on any atom is -0.399 e. The predicted molar refractivity (Wildman–Crippen MR) is 128 cm³/mol. The van der Waals surface area contributed by atoms with Gasteiger partial charge in [0.25, 0.3) is 0 Å².